The summed E-state index contributed by atoms with van der Waals surface area (Å²) in [5, 5.41) is 0. The number of ether oxygens (including phenoxy) is 1. The fourth-order valence-corrected chi connectivity index (χ4v) is 3.42. The Bertz CT molecular complexity index is 651. The molecule has 0 spiro atoms. The van der Waals surface area contributed by atoms with Crippen LogP contribution in [-0.2, 0) is 19.6 Å². The highest BCUT2D eigenvalue weighted by Crippen LogP contribution is 2.17. The molecular weight excluding hydrogens is 314 g/mol. The summed E-state index contributed by atoms with van der Waals surface area (Å²) >= 11 is 0. The number of rotatable bonds is 6. The van der Waals surface area contributed by atoms with Crippen LogP contribution in [0.15, 0.2) is 35.2 Å². The molecule has 0 aliphatic heterocycles. The van der Waals surface area contributed by atoms with Crippen molar-refractivity contribution in [1.29, 1.82) is 0 Å². The van der Waals surface area contributed by atoms with Gasteiger partial charge in [0.05, 0.1) is 4.90 Å². The van der Waals surface area contributed by atoms with Gasteiger partial charge in [0.25, 0.3) is 0 Å². The summed E-state index contributed by atoms with van der Waals surface area (Å²) < 4.78 is 31.3. The lowest BCUT2D eigenvalue weighted by Gasteiger charge is -2.18. The van der Waals surface area contributed by atoms with Crippen LogP contribution in [0.2, 0.25) is 0 Å². The van der Waals surface area contributed by atoms with E-state index in [4.69, 9.17) is 4.74 Å². The highest BCUT2D eigenvalue weighted by molar-refractivity contribution is 7.89. The van der Waals surface area contributed by atoms with Crippen LogP contribution >= 0.6 is 0 Å². The lowest BCUT2D eigenvalue weighted by molar-refractivity contribution is -0.148. The van der Waals surface area contributed by atoms with Crippen LogP contribution in [0.4, 0.5) is 0 Å². The molecule has 0 saturated heterocycles. The first kappa shape index (κ1) is 19.4. The average molecular weight is 339 g/mol. The highest BCUT2D eigenvalue weighted by atomic mass is 32.2. The average Bonchev–Trinajstić information content (AvgIpc) is 2.45. The number of benzene rings is 1. The molecule has 0 amide bonds. The quantitative estimate of drug-likeness (QED) is 0.590. The first-order valence-corrected chi connectivity index (χ1v) is 9.05. The van der Waals surface area contributed by atoms with E-state index in [1.54, 1.807) is 65.0 Å². The van der Waals surface area contributed by atoms with E-state index in [0.29, 0.717) is 13.1 Å². The topological polar surface area (TPSA) is 63.7 Å². The maximum Gasteiger partial charge on any atom is 0.331 e. The fraction of sp³-hybridized carbons (Fsp3) is 0.471. The first-order chi connectivity index (χ1) is 10.6. The third-order valence-corrected chi connectivity index (χ3v) is 5.11. The second kappa shape index (κ2) is 7.75. The Hall–Kier alpha value is -1.66. The van der Waals surface area contributed by atoms with Crippen LogP contribution in [0, 0.1) is 0 Å². The minimum Gasteiger partial charge on any atom is -0.457 e. The summed E-state index contributed by atoms with van der Waals surface area (Å²) in [4.78, 5) is 11.9. The molecule has 128 valence electrons. The van der Waals surface area contributed by atoms with E-state index in [0.717, 1.165) is 5.56 Å². The number of hydrogen-bond donors (Lipinski definition) is 0. The van der Waals surface area contributed by atoms with Crippen molar-refractivity contribution >= 4 is 22.1 Å². The van der Waals surface area contributed by atoms with Gasteiger partial charge < -0.3 is 4.74 Å². The van der Waals surface area contributed by atoms with Crippen molar-refractivity contribution in [2.75, 3.05) is 13.1 Å². The van der Waals surface area contributed by atoms with Crippen molar-refractivity contribution < 1.29 is 17.9 Å². The fourth-order valence-electron chi connectivity index (χ4n) is 1.96. The van der Waals surface area contributed by atoms with Crippen LogP contribution in [0.3, 0.4) is 0 Å². The molecule has 0 unspecified atom stereocenters. The number of carbonyl (C=O) groups is 1. The van der Waals surface area contributed by atoms with Gasteiger partial charge in [-0.15, -0.1) is 0 Å². The van der Waals surface area contributed by atoms with Gasteiger partial charge in [0, 0.05) is 19.2 Å². The molecule has 0 aliphatic rings. The largest absolute Gasteiger partial charge is 0.457 e. The predicted molar refractivity (Wildman–Crippen MR) is 91.4 cm³/mol. The molecule has 0 radical (unpaired) electrons. The second-order valence-electron chi connectivity index (χ2n) is 6.03. The Labute approximate surface area is 139 Å². The number of sulfonamides is 1. The summed E-state index contributed by atoms with van der Waals surface area (Å²) in [7, 11) is -3.46. The Balaban J connectivity index is 2.87. The van der Waals surface area contributed by atoms with Gasteiger partial charge >= 0.3 is 5.97 Å². The van der Waals surface area contributed by atoms with E-state index >= 15 is 0 Å². The lowest BCUT2D eigenvalue weighted by atomic mass is 10.2. The van der Waals surface area contributed by atoms with Gasteiger partial charge in [-0.25, -0.2) is 13.2 Å². The molecule has 6 heteroatoms. The molecule has 1 aromatic rings. The Morgan fingerprint density at radius 1 is 1.13 bits per heavy atom. The maximum atomic E-state index is 12.4. The molecule has 0 aromatic heterocycles. The molecule has 23 heavy (non-hydrogen) atoms. The van der Waals surface area contributed by atoms with Crippen LogP contribution in [0.1, 0.15) is 40.2 Å². The molecule has 0 heterocycles. The highest BCUT2D eigenvalue weighted by Gasteiger charge is 2.21. The van der Waals surface area contributed by atoms with Crippen molar-refractivity contribution in [3.63, 3.8) is 0 Å². The molecule has 5 nitrogen and oxygen atoms in total. The summed E-state index contributed by atoms with van der Waals surface area (Å²) in [6.45, 7) is 9.86. The number of esters is 1. The third kappa shape index (κ3) is 5.80. The van der Waals surface area contributed by atoms with E-state index in [1.807, 2.05) is 0 Å². The lowest BCUT2D eigenvalue weighted by Crippen LogP contribution is -2.30. The Morgan fingerprint density at radius 3 is 2.09 bits per heavy atom. The van der Waals surface area contributed by atoms with Crippen molar-refractivity contribution in [1.82, 2.24) is 4.31 Å². The van der Waals surface area contributed by atoms with Gasteiger partial charge in [-0.05, 0) is 44.5 Å². The van der Waals surface area contributed by atoms with E-state index in [2.05, 4.69) is 0 Å². The molecule has 1 aromatic carbocycles. The van der Waals surface area contributed by atoms with Gasteiger partial charge in [0.15, 0.2) is 0 Å². The van der Waals surface area contributed by atoms with Crippen molar-refractivity contribution in [3.05, 3.63) is 35.9 Å². The molecule has 1 rings (SSSR count). The molecule has 0 bridgehead atoms. The van der Waals surface area contributed by atoms with E-state index in [-0.39, 0.29) is 4.90 Å². The maximum absolute atomic E-state index is 12.4. The SMILES string of the molecule is CCN(CC)S(=O)(=O)c1ccc(/C=C/C(=O)OC(C)(C)C)cc1. The molecule has 0 fully saturated rings. The zero-order valence-electron chi connectivity index (χ0n) is 14.4. The summed E-state index contributed by atoms with van der Waals surface area (Å²) in [6.07, 6.45) is 2.93. The predicted octanol–water partition coefficient (Wildman–Crippen LogP) is 3.07. The molecular formula is C17H25NO4S. The zero-order valence-corrected chi connectivity index (χ0v) is 15.2. The standard InChI is InChI=1S/C17H25NO4S/c1-6-18(7-2)23(20,21)15-11-8-14(9-12-15)10-13-16(19)22-17(3,4)5/h8-13H,6-7H2,1-5H3/b13-10+. The van der Waals surface area contributed by atoms with Gasteiger partial charge in [-0.3, -0.25) is 0 Å². The van der Waals surface area contributed by atoms with Crippen LogP contribution < -0.4 is 0 Å². The number of hydrogen-bond acceptors (Lipinski definition) is 4. The number of carbonyl (C=O) groups excluding carboxylic acids is 1. The summed E-state index contributed by atoms with van der Waals surface area (Å²) in [5.41, 5.74) is 0.192. The minimum absolute atomic E-state index is 0.246. The van der Waals surface area contributed by atoms with Crippen LogP contribution in [-0.4, -0.2) is 37.4 Å². The van der Waals surface area contributed by atoms with E-state index in [1.165, 1.54) is 10.4 Å². The monoisotopic (exact) mass is 339 g/mol. The normalized spacial score (nSPS) is 12.8. The van der Waals surface area contributed by atoms with E-state index < -0.39 is 21.6 Å². The Kier molecular flexibility index (Phi) is 6.53. The molecule has 0 aliphatic carbocycles. The zero-order chi connectivity index (χ0) is 17.7. The van der Waals surface area contributed by atoms with Crippen molar-refractivity contribution in [2.24, 2.45) is 0 Å². The summed E-state index contributed by atoms with van der Waals surface area (Å²) in [5.74, 6) is -0.433. The smallest absolute Gasteiger partial charge is 0.331 e. The summed E-state index contributed by atoms with van der Waals surface area (Å²) in [6, 6.07) is 6.42. The molecule has 0 atom stereocenters. The van der Waals surface area contributed by atoms with Gasteiger partial charge in [0.1, 0.15) is 5.60 Å². The second-order valence-corrected chi connectivity index (χ2v) is 7.96. The van der Waals surface area contributed by atoms with Crippen LogP contribution in [0.5, 0.6) is 0 Å². The Morgan fingerprint density at radius 2 is 1.65 bits per heavy atom. The molecule has 0 saturated carbocycles. The third-order valence-electron chi connectivity index (χ3n) is 3.04. The van der Waals surface area contributed by atoms with Crippen LogP contribution in [0.25, 0.3) is 6.08 Å². The van der Waals surface area contributed by atoms with E-state index in [9.17, 15) is 13.2 Å². The minimum atomic E-state index is -3.46. The van der Waals surface area contributed by atoms with Gasteiger partial charge in [-0.1, -0.05) is 26.0 Å². The van der Waals surface area contributed by atoms with Crippen molar-refractivity contribution in [3.8, 4) is 0 Å². The molecule has 0 N–H and O–H groups in total. The number of nitrogens with zero attached hydrogens (tertiary/aromatic N) is 1. The van der Waals surface area contributed by atoms with Gasteiger partial charge in [-0.2, -0.15) is 4.31 Å². The van der Waals surface area contributed by atoms with Crippen molar-refractivity contribution in [2.45, 2.75) is 45.1 Å². The van der Waals surface area contributed by atoms with Gasteiger partial charge in [0.2, 0.25) is 10.0 Å². The first-order valence-electron chi connectivity index (χ1n) is 7.61.